The Balaban J connectivity index is 2.15. The van der Waals surface area contributed by atoms with Gasteiger partial charge in [-0.15, -0.1) is 0 Å². The topological polar surface area (TPSA) is 6.48 Å². The van der Waals surface area contributed by atoms with Crippen LogP contribution in [-0.2, 0) is 0 Å². The summed E-state index contributed by atoms with van der Waals surface area (Å²) in [7, 11) is 0. The zero-order chi connectivity index (χ0) is 12.1. The lowest BCUT2D eigenvalue weighted by molar-refractivity contribution is 0.284. The fourth-order valence-corrected chi connectivity index (χ4v) is 2.42. The molecule has 1 atom stereocenters. The lowest BCUT2D eigenvalue weighted by atomic mass is 10.2. The Bertz CT molecular complexity index is 358. The SMILES string of the molecule is CCCC1N(CCC)C=CN1c1ccccc1. The van der Waals surface area contributed by atoms with Gasteiger partial charge < -0.3 is 9.80 Å². The number of rotatable bonds is 5. The van der Waals surface area contributed by atoms with Gasteiger partial charge in [-0.1, -0.05) is 38.5 Å². The third kappa shape index (κ3) is 2.63. The normalized spacial score (nSPS) is 19.1. The Labute approximate surface area is 105 Å². The molecule has 1 aromatic carbocycles. The first-order chi connectivity index (χ1) is 8.36. The molecule has 92 valence electrons. The summed E-state index contributed by atoms with van der Waals surface area (Å²) in [5.41, 5.74) is 1.29. The Hall–Kier alpha value is -1.44. The van der Waals surface area contributed by atoms with Gasteiger partial charge in [0.15, 0.2) is 0 Å². The molecule has 1 aromatic rings. The second kappa shape index (κ2) is 5.76. The van der Waals surface area contributed by atoms with Gasteiger partial charge in [0.05, 0.1) is 0 Å². The van der Waals surface area contributed by atoms with Crippen LogP contribution in [0.3, 0.4) is 0 Å². The average Bonchev–Trinajstić information content (AvgIpc) is 2.75. The Morgan fingerprint density at radius 1 is 1.00 bits per heavy atom. The molecular formula is C15H22N2. The van der Waals surface area contributed by atoms with Crippen molar-refractivity contribution in [3.05, 3.63) is 42.7 Å². The molecule has 1 aliphatic rings. The average molecular weight is 230 g/mol. The molecule has 17 heavy (non-hydrogen) atoms. The third-order valence-electron chi connectivity index (χ3n) is 3.21. The maximum Gasteiger partial charge on any atom is 0.105 e. The number of nitrogens with zero attached hydrogens (tertiary/aromatic N) is 2. The Morgan fingerprint density at radius 3 is 2.41 bits per heavy atom. The van der Waals surface area contributed by atoms with E-state index in [1.54, 1.807) is 0 Å². The van der Waals surface area contributed by atoms with E-state index in [1.165, 1.54) is 24.9 Å². The van der Waals surface area contributed by atoms with Crippen molar-refractivity contribution in [3.63, 3.8) is 0 Å². The van der Waals surface area contributed by atoms with E-state index < -0.39 is 0 Å². The second-order valence-corrected chi connectivity index (χ2v) is 4.55. The van der Waals surface area contributed by atoms with Crippen molar-refractivity contribution < 1.29 is 0 Å². The highest BCUT2D eigenvalue weighted by atomic mass is 15.4. The fraction of sp³-hybridized carbons (Fsp3) is 0.467. The summed E-state index contributed by atoms with van der Waals surface area (Å²) in [4.78, 5) is 4.84. The van der Waals surface area contributed by atoms with E-state index in [9.17, 15) is 0 Å². The molecule has 0 radical (unpaired) electrons. The molecule has 0 saturated heterocycles. The molecule has 1 heterocycles. The highest BCUT2D eigenvalue weighted by Gasteiger charge is 2.25. The minimum absolute atomic E-state index is 0.502. The van der Waals surface area contributed by atoms with Gasteiger partial charge in [-0.2, -0.15) is 0 Å². The van der Waals surface area contributed by atoms with Gasteiger partial charge in [0, 0.05) is 24.6 Å². The van der Waals surface area contributed by atoms with E-state index in [4.69, 9.17) is 0 Å². The predicted octanol–water partition coefficient (Wildman–Crippen LogP) is 3.82. The van der Waals surface area contributed by atoms with Crippen LogP contribution in [0.2, 0.25) is 0 Å². The van der Waals surface area contributed by atoms with Crippen LogP contribution in [-0.4, -0.2) is 17.6 Å². The lowest BCUT2D eigenvalue weighted by Crippen LogP contribution is -2.38. The first kappa shape index (κ1) is 12.0. The molecular weight excluding hydrogens is 208 g/mol. The first-order valence-electron chi connectivity index (χ1n) is 6.64. The quantitative estimate of drug-likeness (QED) is 0.759. The molecule has 0 spiro atoms. The van der Waals surface area contributed by atoms with E-state index in [2.05, 4.69) is 66.4 Å². The summed E-state index contributed by atoms with van der Waals surface area (Å²) < 4.78 is 0. The van der Waals surface area contributed by atoms with Crippen molar-refractivity contribution >= 4 is 5.69 Å². The van der Waals surface area contributed by atoms with Gasteiger partial charge in [-0.25, -0.2) is 0 Å². The van der Waals surface area contributed by atoms with Crippen LogP contribution in [0.25, 0.3) is 0 Å². The smallest absolute Gasteiger partial charge is 0.105 e. The van der Waals surface area contributed by atoms with E-state index >= 15 is 0 Å². The maximum absolute atomic E-state index is 2.45. The van der Waals surface area contributed by atoms with Crippen molar-refractivity contribution in [2.45, 2.75) is 39.3 Å². The van der Waals surface area contributed by atoms with Gasteiger partial charge in [-0.3, -0.25) is 0 Å². The third-order valence-corrected chi connectivity index (χ3v) is 3.21. The number of hydrogen-bond donors (Lipinski definition) is 0. The largest absolute Gasteiger partial charge is 0.356 e. The second-order valence-electron chi connectivity index (χ2n) is 4.55. The van der Waals surface area contributed by atoms with Crippen LogP contribution >= 0.6 is 0 Å². The van der Waals surface area contributed by atoms with Crippen molar-refractivity contribution in [2.75, 3.05) is 11.4 Å². The predicted molar refractivity (Wildman–Crippen MR) is 73.8 cm³/mol. The molecule has 0 fully saturated rings. The van der Waals surface area contributed by atoms with Gasteiger partial charge in [0.25, 0.3) is 0 Å². The minimum atomic E-state index is 0.502. The van der Waals surface area contributed by atoms with E-state index in [-0.39, 0.29) is 0 Å². The van der Waals surface area contributed by atoms with E-state index in [0.29, 0.717) is 6.17 Å². The summed E-state index contributed by atoms with van der Waals surface area (Å²) in [5.74, 6) is 0. The van der Waals surface area contributed by atoms with Gasteiger partial charge in [-0.05, 0) is 25.0 Å². The van der Waals surface area contributed by atoms with Crippen LogP contribution < -0.4 is 4.90 Å². The molecule has 2 heteroatoms. The van der Waals surface area contributed by atoms with Crippen LogP contribution in [0.1, 0.15) is 33.1 Å². The summed E-state index contributed by atoms with van der Waals surface area (Å²) in [6.45, 7) is 5.64. The highest BCUT2D eigenvalue weighted by Crippen LogP contribution is 2.26. The van der Waals surface area contributed by atoms with E-state index in [0.717, 1.165) is 6.54 Å². The molecule has 0 aromatic heterocycles. The van der Waals surface area contributed by atoms with Crippen molar-refractivity contribution in [1.82, 2.24) is 4.90 Å². The standard InChI is InChI=1S/C15H22N2/c1-3-8-15-16(11-4-2)12-13-17(15)14-9-6-5-7-10-14/h5-7,9-10,12-13,15H,3-4,8,11H2,1-2H3. The van der Waals surface area contributed by atoms with Crippen LogP contribution in [0.5, 0.6) is 0 Å². The minimum Gasteiger partial charge on any atom is -0.356 e. The molecule has 0 amide bonds. The molecule has 2 nitrogen and oxygen atoms in total. The van der Waals surface area contributed by atoms with E-state index in [1.807, 2.05) is 0 Å². The molecule has 0 saturated carbocycles. The zero-order valence-corrected chi connectivity index (χ0v) is 10.8. The molecule has 1 aliphatic heterocycles. The van der Waals surface area contributed by atoms with Crippen molar-refractivity contribution in [1.29, 1.82) is 0 Å². The summed E-state index contributed by atoms with van der Waals surface area (Å²) >= 11 is 0. The van der Waals surface area contributed by atoms with Crippen molar-refractivity contribution in [3.8, 4) is 0 Å². The van der Waals surface area contributed by atoms with Crippen LogP contribution in [0.15, 0.2) is 42.7 Å². The Morgan fingerprint density at radius 2 is 1.76 bits per heavy atom. The van der Waals surface area contributed by atoms with Crippen molar-refractivity contribution in [2.24, 2.45) is 0 Å². The van der Waals surface area contributed by atoms with Gasteiger partial charge in [0.2, 0.25) is 0 Å². The first-order valence-corrected chi connectivity index (χ1v) is 6.64. The summed E-state index contributed by atoms with van der Waals surface area (Å²) in [5, 5.41) is 0. The summed E-state index contributed by atoms with van der Waals surface area (Å²) in [6.07, 6.45) is 8.58. The number of hydrogen-bond acceptors (Lipinski definition) is 2. The Kier molecular flexibility index (Phi) is 4.08. The number of para-hydroxylation sites is 1. The molecule has 0 N–H and O–H groups in total. The van der Waals surface area contributed by atoms with Crippen LogP contribution in [0.4, 0.5) is 5.69 Å². The highest BCUT2D eigenvalue weighted by molar-refractivity contribution is 5.51. The lowest BCUT2D eigenvalue weighted by Gasteiger charge is -2.32. The monoisotopic (exact) mass is 230 g/mol. The molecule has 1 unspecified atom stereocenters. The number of anilines is 1. The van der Waals surface area contributed by atoms with Gasteiger partial charge in [0.1, 0.15) is 6.17 Å². The molecule has 2 rings (SSSR count). The molecule has 0 bridgehead atoms. The molecule has 0 aliphatic carbocycles. The summed E-state index contributed by atoms with van der Waals surface area (Å²) in [6, 6.07) is 10.6. The van der Waals surface area contributed by atoms with Gasteiger partial charge >= 0.3 is 0 Å². The zero-order valence-electron chi connectivity index (χ0n) is 10.8. The number of benzene rings is 1. The van der Waals surface area contributed by atoms with Crippen LogP contribution in [0, 0.1) is 0 Å². The maximum atomic E-state index is 2.45. The fourth-order valence-electron chi connectivity index (χ4n) is 2.42.